The molecular weight excluding hydrogens is 504 g/mol. The molecule has 9 heteroatoms. The van der Waals surface area contributed by atoms with Crippen LogP contribution in [0.25, 0.3) is 0 Å². The molecule has 0 spiro atoms. The van der Waals surface area contributed by atoms with Gasteiger partial charge in [0.1, 0.15) is 5.25 Å². The summed E-state index contributed by atoms with van der Waals surface area (Å²) in [6.45, 7) is 2.03. The van der Waals surface area contributed by atoms with E-state index in [-0.39, 0.29) is 11.6 Å². The summed E-state index contributed by atoms with van der Waals surface area (Å²) >= 11 is 6.86. The number of nitrogens with one attached hydrogen (secondary N) is 3. The molecule has 0 aliphatic heterocycles. The van der Waals surface area contributed by atoms with Gasteiger partial charge in [-0.15, -0.1) is 11.8 Å². The van der Waals surface area contributed by atoms with Crippen LogP contribution in [0.3, 0.4) is 0 Å². The van der Waals surface area contributed by atoms with Gasteiger partial charge in [0.05, 0.1) is 4.92 Å². The average molecular weight is 529 g/mol. The first-order chi connectivity index (χ1) is 17.9. The lowest BCUT2D eigenvalue weighted by atomic mass is 10.1. The highest BCUT2D eigenvalue weighted by Gasteiger charge is 2.22. The fraction of sp³-hybridized carbons (Fsp3) is 0.0714. The first-order valence-corrected chi connectivity index (χ1v) is 12.7. The number of nitro benzene ring substituents is 1. The maximum atomic E-state index is 13.3. The Bertz CT molecular complexity index is 1400. The van der Waals surface area contributed by atoms with Gasteiger partial charge in [-0.3, -0.25) is 14.9 Å². The minimum Gasteiger partial charge on any atom is -0.332 e. The van der Waals surface area contributed by atoms with E-state index in [2.05, 4.69) is 16.0 Å². The summed E-state index contributed by atoms with van der Waals surface area (Å²) in [4.78, 5) is 24.6. The fourth-order valence-corrected chi connectivity index (χ4v) is 4.81. The second-order valence-electron chi connectivity index (χ2n) is 8.17. The number of amides is 1. The summed E-state index contributed by atoms with van der Waals surface area (Å²) in [6.07, 6.45) is 0. The second-order valence-corrected chi connectivity index (χ2v) is 9.76. The zero-order chi connectivity index (χ0) is 26.2. The second kappa shape index (κ2) is 12.2. The first kappa shape index (κ1) is 25.9. The summed E-state index contributed by atoms with van der Waals surface area (Å²) in [5.74, 6) is -0.236. The van der Waals surface area contributed by atoms with Crippen LogP contribution < -0.4 is 16.0 Å². The van der Waals surface area contributed by atoms with Crippen LogP contribution in [0.15, 0.2) is 108 Å². The average Bonchev–Trinajstić information content (AvgIpc) is 2.89. The highest BCUT2D eigenvalue weighted by Crippen LogP contribution is 2.37. The van der Waals surface area contributed by atoms with Crippen LogP contribution in [0.4, 0.5) is 22.7 Å². The van der Waals surface area contributed by atoms with Gasteiger partial charge in [-0.1, -0.05) is 54.1 Å². The number of benzene rings is 4. The number of thioether (sulfide) groups is 1. The number of hydrogen-bond acceptors (Lipinski definition) is 5. The smallest absolute Gasteiger partial charge is 0.269 e. The van der Waals surface area contributed by atoms with Gasteiger partial charge in [0, 0.05) is 34.1 Å². The van der Waals surface area contributed by atoms with E-state index in [4.69, 9.17) is 12.2 Å². The van der Waals surface area contributed by atoms with Crippen molar-refractivity contribution in [3.8, 4) is 0 Å². The molecule has 4 rings (SSSR count). The zero-order valence-corrected chi connectivity index (χ0v) is 21.5. The predicted molar refractivity (Wildman–Crippen MR) is 154 cm³/mol. The number of nitro groups is 1. The number of anilines is 3. The van der Waals surface area contributed by atoms with Gasteiger partial charge in [0.25, 0.3) is 5.69 Å². The molecule has 0 fully saturated rings. The summed E-state index contributed by atoms with van der Waals surface area (Å²) in [7, 11) is 0. The highest BCUT2D eigenvalue weighted by atomic mass is 32.2. The molecule has 0 bridgehead atoms. The number of thiocarbonyl (C=S) groups is 1. The van der Waals surface area contributed by atoms with Gasteiger partial charge >= 0.3 is 0 Å². The van der Waals surface area contributed by atoms with Crippen molar-refractivity contribution < 1.29 is 9.72 Å². The van der Waals surface area contributed by atoms with Crippen molar-refractivity contribution in [2.24, 2.45) is 0 Å². The standard InChI is InChI=1S/C28H24N4O3S2/c1-19-10-12-22(13-11-19)30-28(36)31-23-8-5-9-25(18-23)37-26(20-6-3-2-4-7-20)27(33)29-21-14-16-24(17-15-21)32(34)35/h2-18,26H,1H3,(H,29,33)(H2,30,31,36). The van der Waals surface area contributed by atoms with Crippen LogP contribution in [0, 0.1) is 17.0 Å². The Kier molecular flexibility index (Phi) is 8.50. The number of carbonyl (C=O) groups is 1. The SMILES string of the molecule is Cc1ccc(NC(=S)Nc2cccc(SC(C(=O)Nc3ccc([N+](=O)[O-])cc3)c3ccccc3)c2)cc1. The maximum Gasteiger partial charge on any atom is 0.269 e. The van der Waals surface area contributed by atoms with E-state index in [0.717, 1.165) is 21.8 Å². The first-order valence-electron chi connectivity index (χ1n) is 11.4. The lowest BCUT2D eigenvalue weighted by Gasteiger charge is -2.18. The van der Waals surface area contributed by atoms with Crippen molar-refractivity contribution in [3.63, 3.8) is 0 Å². The lowest BCUT2D eigenvalue weighted by Crippen LogP contribution is -2.19. The zero-order valence-electron chi connectivity index (χ0n) is 19.9. The van der Waals surface area contributed by atoms with Crippen molar-refractivity contribution in [2.75, 3.05) is 16.0 Å². The molecule has 0 aromatic heterocycles. The topological polar surface area (TPSA) is 96.3 Å². The summed E-state index contributed by atoms with van der Waals surface area (Å²) < 4.78 is 0. The Morgan fingerprint density at radius 3 is 2.11 bits per heavy atom. The molecule has 0 aliphatic carbocycles. The Morgan fingerprint density at radius 1 is 0.811 bits per heavy atom. The van der Waals surface area contributed by atoms with Gasteiger partial charge in [-0.25, -0.2) is 0 Å². The molecule has 4 aromatic rings. The molecule has 1 amide bonds. The molecule has 3 N–H and O–H groups in total. The predicted octanol–water partition coefficient (Wildman–Crippen LogP) is 7.18. The molecule has 0 saturated heterocycles. The third-order valence-corrected chi connectivity index (χ3v) is 6.79. The van der Waals surface area contributed by atoms with E-state index in [1.165, 1.54) is 41.6 Å². The van der Waals surface area contributed by atoms with E-state index in [0.29, 0.717) is 10.8 Å². The molecule has 1 atom stereocenters. The van der Waals surface area contributed by atoms with Crippen LogP contribution in [-0.4, -0.2) is 15.9 Å². The number of carbonyl (C=O) groups excluding carboxylic acids is 1. The summed E-state index contributed by atoms with van der Waals surface area (Å²) in [5.41, 5.74) is 4.13. The largest absolute Gasteiger partial charge is 0.332 e. The Labute approximate surface area is 224 Å². The quantitative estimate of drug-likeness (QED) is 0.0964. The fourth-order valence-electron chi connectivity index (χ4n) is 3.49. The van der Waals surface area contributed by atoms with Crippen LogP contribution in [0.5, 0.6) is 0 Å². The Balaban J connectivity index is 1.48. The molecule has 0 heterocycles. The van der Waals surface area contributed by atoms with Gasteiger partial charge in [0.2, 0.25) is 5.91 Å². The molecular formula is C28H24N4O3S2. The van der Waals surface area contributed by atoms with E-state index < -0.39 is 10.2 Å². The number of hydrogen-bond donors (Lipinski definition) is 3. The number of rotatable bonds is 8. The minimum absolute atomic E-state index is 0.0360. The molecule has 0 saturated carbocycles. The normalized spacial score (nSPS) is 11.3. The van der Waals surface area contributed by atoms with Crippen molar-refractivity contribution in [3.05, 3.63) is 124 Å². The van der Waals surface area contributed by atoms with Crippen LogP contribution in [0.1, 0.15) is 16.4 Å². The van der Waals surface area contributed by atoms with E-state index in [1.807, 2.05) is 85.8 Å². The molecule has 0 aliphatic rings. The van der Waals surface area contributed by atoms with Crippen LogP contribution in [0.2, 0.25) is 0 Å². The van der Waals surface area contributed by atoms with Gasteiger partial charge < -0.3 is 16.0 Å². The molecule has 4 aromatic carbocycles. The Morgan fingerprint density at radius 2 is 1.43 bits per heavy atom. The Hall–Kier alpha value is -4.21. The number of non-ortho nitro benzene ring substituents is 1. The van der Waals surface area contributed by atoms with Crippen LogP contribution >= 0.6 is 24.0 Å². The van der Waals surface area contributed by atoms with Gasteiger partial charge in [-0.05, 0) is 67.2 Å². The van der Waals surface area contributed by atoms with Gasteiger partial charge in [0.15, 0.2) is 5.11 Å². The minimum atomic E-state index is -0.552. The molecule has 186 valence electrons. The number of nitrogens with zero attached hydrogens (tertiary/aromatic N) is 1. The van der Waals surface area contributed by atoms with E-state index >= 15 is 0 Å². The number of aryl methyl sites for hydroxylation is 1. The highest BCUT2D eigenvalue weighted by molar-refractivity contribution is 8.00. The lowest BCUT2D eigenvalue weighted by molar-refractivity contribution is -0.384. The van der Waals surface area contributed by atoms with Crippen molar-refractivity contribution >= 4 is 57.7 Å². The third-order valence-electron chi connectivity index (χ3n) is 5.34. The molecule has 37 heavy (non-hydrogen) atoms. The third kappa shape index (κ3) is 7.39. The molecule has 1 unspecified atom stereocenters. The van der Waals surface area contributed by atoms with Crippen molar-refractivity contribution in [1.29, 1.82) is 0 Å². The van der Waals surface area contributed by atoms with Crippen molar-refractivity contribution in [2.45, 2.75) is 17.1 Å². The van der Waals surface area contributed by atoms with Crippen LogP contribution in [-0.2, 0) is 4.79 Å². The monoisotopic (exact) mass is 528 g/mol. The maximum absolute atomic E-state index is 13.3. The van der Waals surface area contributed by atoms with E-state index in [1.54, 1.807) is 0 Å². The summed E-state index contributed by atoms with van der Waals surface area (Å²) in [6, 6.07) is 30.8. The molecule has 0 radical (unpaired) electrons. The van der Waals surface area contributed by atoms with Gasteiger partial charge in [-0.2, -0.15) is 0 Å². The van der Waals surface area contributed by atoms with E-state index in [9.17, 15) is 14.9 Å². The summed E-state index contributed by atoms with van der Waals surface area (Å²) in [5, 5.41) is 20.1. The van der Waals surface area contributed by atoms with Crippen molar-refractivity contribution in [1.82, 2.24) is 0 Å². The molecule has 7 nitrogen and oxygen atoms in total.